The predicted molar refractivity (Wildman–Crippen MR) is 173 cm³/mol. The molecular formula is C38H45N4. The summed E-state index contributed by atoms with van der Waals surface area (Å²) in [5.41, 5.74) is 5.04. The second-order valence-corrected chi connectivity index (χ2v) is 13.0. The Morgan fingerprint density at radius 3 is 1.38 bits per heavy atom. The maximum Gasteiger partial charge on any atom is 0.132 e. The van der Waals surface area contributed by atoms with Crippen LogP contribution in [0.15, 0.2) is 88.8 Å². The molecule has 1 radical (unpaired) electrons. The van der Waals surface area contributed by atoms with Gasteiger partial charge in [0.1, 0.15) is 11.7 Å². The van der Waals surface area contributed by atoms with E-state index in [9.17, 15) is 0 Å². The van der Waals surface area contributed by atoms with E-state index >= 15 is 0 Å². The molecular weight excluding hydrogens is 512 g/mol. The Balaban J connectivity index is 1.19. The topological polar surface area (TPSA) is 31.2 Å². The van der Waals surface area contributed by atoms with Gasteiger partial charge in [-0.15, -0.1) is 0 Å². The molecule has 0 saturated heterocycles. The molecule has 0 spiro atoms. The van der Waals surface area contributed by atoms with Crippen LogP contribution in [0.3, 0.4) is 0 Å². The second kappa shape index (κ2) is 12.9. The van der Waals surface area contributed by atoms with Gasteiger partial charge in [-0.1, -0.05) is 117 Å². The van der Waals surface area contributed by atoms with Crippen molar-refractivity contribution in [1.29, 1.82) is 0 Å². The molecule has 0 unspecified atom stereocenters. The summed E-state index contributed by atoms with van der Waals surface area (Å²) in [5, 5.41) is 0. The van der Waals surface area contributed by atoms with Crippen LogP contribution in [0.4, 0.5) is 0 Å². The zero-order valence-corrected chi connectivity index (χ0v) is 25.0. The first-order valence-corrected chi connectivity index (χ1v) is 16.6. The highest BCUT2D eigenvalue weighted by Gasteiger charge is 2.35. The minimum atomic E-state index is 0.291. The van der Waals surface area contributed by atoms with Crippen molar-refractivity contribution in [3.8, 4) is 0 Å². The normalized spacial score (nSPS) is 23.7. The number of benzene rings is 3. The van der Waals surface area contributed by atoms with Crippen LogP contribution in [0.5, 0.6) is 0 Å². The van der Waals surface area contributed by atoms with Crippen LogP contribution in [-0.2, 0) is 12.8 Å². The van der Waals surface area contributed by atoms with Gasteiger partial charge in [-0.25, -0.2) is 0 Å². The van der Waals surface area contributed by atoms with E-state index in [2.05, 4.69) is 94.7 Å². The molecule has 2 atom stereocenters. The van der Waals surface area contributed by atoms with E-state index in [-0.39, 0.29) is 0 Å². The number of amidine groups is 2. The van der Waals surface area contributed by atoms with Crippen LogP contribution in [0.25, 0.3) is 0 Å². The molecule has 3 aromatic carbocycles. The molecule has 2 fully saturated rings. The first-order chi connectivity index (χ1) is 20.8. The van der Waals surface area contributed by atoms with Crippen molar-refractivity contribution in [2.24, 2.45) is 9.98 Å². The fourth-order valence-electron chi connectivity index (χ4n) is 7.80. The number of hydrogen-bond acceptors (Lipinski definition) is 4. The molecule has 0 aromatic heterocycles. The summed E-state index contributed by atoms with van der Waals surface area (Å²) in [4.78, 5) is 16.1. The van der Waals surface area contributed by atoms with E-state index in [0.717, 1.165) is 48.7 Å². The van der Waals surface area contributed by atoms with E-state index in [1.54, 1.807) is 0 Å². The molecule has 0 N–H and O–H groups in total. The summed E-state index contributed by atoms with van der Waals surface area (Å²) in [5.74, 6) is 2.32. The van der Waals surface area contributed by atoms with E-state index in [0.29, 0.717) is 24.2 Å². The van der Waals surface area contributed by atoms with E-state index in [1.807, 2.05) is 0 Å². The SMILES string of the molecule is [c]1c(C2=N[C@@H](Cc3ccccc3)CN2C2CCCCC2)cccc1C1=N[C@@H](Cc2ccccc2)CN1C1CCCCC1. The van der Waals surface area contributed by atoms with Gasteiger partial charge in [-0.3, -0.25) is 9.98 Å². The Labute approximate surface area is 252 Å². The van der Waals surface area contributed by atoms with Crippen LogP contribution >= 0.6 is 0 Å². The van der Waals surface area contributed by atoms with Gasteiger partial charge in [0.2, 0.25) is 0 Å². The van der Waals surface area contributed by atoms with Crippen molar-refractivity contribution in [3.05, 3.63) is 107 Å². The molecule has 4 aliphatic rings. The minimum Gasteiger partial charge on any atom is -0.351 e. The Bertz CT molecular complexity index is 1270. The lowest BCUT2D eigenvalue weighted by molar-refractivity contribution is 0.249. The fourth-order valence-corrected chi connectivity index (χ4v) is 7.80. The first kappa shape index (κ1) is 27.4. The van der Waals surface area contributed by atoms with Gasteiger partial charge >= 0.3 is 0 Å². The number of hydrogen-bond donors (Lipinski definition) is 0. The lowest BCUT2D eigenvalue weighted by Crippen LogP contribution is -2.41. The second-order valence-electron chi connectivity index (χ2n) is 13.0. The highest BCUT2D eigenvalue weighted by Crippen LogP contribution is 2.31. The summed E-state index contributed by atoms with van der Waals surface area (Å²) >= 11 is 0. The van der Waals surface area contributed by atoms with E-state index < -0.39 is 0 Å². The monoisotopic (exact) mass is 557 g/mol. The Kier molecular flexibility index (Phi) is 8.40. The molecule has 2 aliphatic carbocycles. The fraction of sp³-hybridized carbons (Fsp3) is 0.474. The van der Waals surface area contributed by atoms with Gasteiger partial charge in [-0.05, 0) is 49.7 Å². The molecule has 4 heteroatoms. The van der Waals surface area contributed by atoms with Gasteiger partial charge < -0.3 is 9.80 Å². The molecule has 217 valence electrons. The summed E-state index contributed by atoms with van der Waals surface area (Å²) < 4.78 is 0. The molecule has 0 bridgehead atoms. The largest absolute Gasteiger partial charge is 0.351 e. The number of aliphatic imine (C=N–C) groups is 2. The number of nitrogens with zero attached hydrogens (tertiary/aromatic N) is 4. The van der Waals surface area contributed by atoms with Gasteiger partial charge in [-0.2, -0.15) is 0 Å². The zero-order valence-electron chi connectivity index (χ0n) is 25.0. The number of rotatable bonds is 8. The van der Waals surface area contributed by atoms with E-state index in [1.165, 1.54) is 75.3 Å². The molecule has 2 saturated carbocycles. The Morgan fingerprint density at radius 1 is 0.524 bits per heavy atom. The minimum absolute atomic E-state index is 0.291. The van der Waals surface area contributed by atoms with E-state index in [4.69, 9.17) is 9.98 Å². The summed E-state index contributed by atoms with van der Waals surface area (Å²) in [6, 6.07) is 34.1. The van der Waals surface area contributed by atoms with Crippen molar-refractivity contribution >= 4 is 11.7 Å². The maximum absolute atomic E-state index is 5.42. The molecule has 4 nitrogen and oxygen atoms in total. The predicted octanol–water partition coefficient (Wildman–Crippen LogP) is 7.50. The molecule has 42 heavy (non-hydrogen) atoms. The molecule has 3 aromatic rings. The van der Waals surface area contributed by atoms with Crippen molar-refractivity contribution in [1.82, 2.24) is 9.80 Å². The quantitative estimate of drug-likeness (QED) is 0.287. The summed E-state index contributed by atoms with van der Waals surface area (Å²) in [6.45, 7) is 2.03. The molecule has 0 amide bonds. The molecule has 2 aliphatic heterocycles. The maximum atomic E-state index is 5.42. The van der Waals surface area contributed by atoms with Crippen molar-refractivity contribution < 1.29 is 0 Å². The average molecular weight is 558 g/mol. The van der Waals surface area contributed by atoms with Gasteiger partial charge in [0.15, 0.2) is 0 Å². The third kappa shape index (κ3) is 6.19. The van der Waals surface area contributed by atoms with Crippen molar-refractivity contribution in [2.45, 2.75) is 101 Å². The Morgan fingerprint density at radius 2 is 0.952 bits per heavy atom. The lowest BCUT2D eigenvalue weighted by atomic mass is 9.93. The summed E-state index contributed by atoms with van der Waals surface area (Å²) in [7, 11) is 0. The van der Waals surface area contributed by atoms with Crippen LogP contribution in [0.2, 0.25) is 0 Å². The van der Waals surface area contributed by atoms with Crippen LogP contribution < -0.4 is 0 Å². The highest BCUT2D eigenvalue weighted by atomic mass is 15.3. The zero-order chi connectivity index (χ0) is 28.1. The molecule has 7 rings (SSSR count). The van der Waals surface area contributed by atoms with Gasteiger partial charge in [0.05, 0.1) is 12.1 Å². The third-order valence-corrected chi connectivity index (χ3v) is 9.90. The smallest absolute Gasteiger partial charge is 0.132 e. The standard InChI is InChI=1S/C38H45N4/c1-5-14-29(15-6-1)24-33-27-41(35-20-9-3-10-21-35)37(39-33)31-18-13-19-32(26-31)38-40-34(25-30-16-7-2-8-17-30)28-42(38)36-22-11-4-12-23-36/h1-2,5-8,13-19,33-36H,3-4,9-12,20-25,27-28H2/t33-,34-/m0/s1. The van der Waals surface area contributed by atoms with Crippen molar-refractivity contribution in [2.75, 3.05) is 13.1 Å². The lowest BCUT2D eigenvalue weighted by Gasteiger charge is -2.35. The van der Waals surface area contributed by atoms with Crippen LogP contribution in [0.1, 0.15) is 86.5 Å². The Hall–Kier alpha value is -3.40. The van der Waals surface area contributed by atoms with Crippen LogP contribution in [-0.4, -0.2) is 58.7 Å². The molecule has 2 heterocycles. The first-order valence-electron chi connectivity index (χ1n) is 16.6. The van der Waals surface area contributed by atoms with Gasteiger partial charge in [0, 0.05) is 42.4 Å². The highest BCUT2D eigenvalue weighted by molar-refractivity contribution is 6.05. The third-order valence-electron chi connectivity index (χ3n) is 9.90. The van der Waals surface area contributed by atoms with Crippen LogP contribution in [0, 0.1) is 6.07 Å². The summed E-state index contributed by atoms with van der Waals surface area (Å²) in [6.07, 6.45) is 15.2. The average Bonchev–Trinajstić information content (AvgIpc) is 3.68. The van der Waals surface area contributed by atoms with Gasteiger partial charge in [0.25, 0.3) is 0 Å². The van der Waals surface area contributed by atoms with Crippen molar-refractivity contribution in [3.63, 3.8) is 0 Å².